The standard InChI is InChI=1S/C30H63IN8/c1-4-5-6-7-11-18-33-24-37-29(30(32)35-21-27-12-9-8-10-13-27)22-34-25-36-28-14-16-31(17-15-28)39-20-19-38(3)23-26(39)2/h4-5,26-30,33-37H,6-25,32H2,1-3H3/b5-4-/t26-,29?,30+/m1/s1. The minimum atomic E-state index is -0.945. The number of hydrogen-bond acceptors (Lipinski definition) is 8. The zero-order valence-electron chi connectivity index (χ0n) is 25.5. The van der Waals surface area contributed by atoms with Crippen LogP contribution in [0.4, 0.5) is 0 Å². The Balaban J connectivity index is 1.32. The molecule has 9 heteroatoms. The molecule has 0 radical (unpaired) electrons. The molecule has 3 rings (SSSR count). The van der Waals surface area contributed by atoms with E-state index < -0.39 is 20.1 Å². The number of nitrogens with one attached hydrogen (secondary N) is 5. The van der Waals surface area contributed by atoms with Gasteiger partial charge in [0.25, 0.3) is 0 Å². The van der Waals surface area contributed by atoms with Crippen LogP contribution in [0, 0.1) is 5.92 Å². The van der Waals surface area contributed by atoms with E-state index in [1.165, 1.54) is 92.7 Å². The van der Waals surface area contributed by atoms with Gasteiger partial charge in [0, 0.05) is 0 Å². The van der Waals surface area contributed by atoms with E-state index in [2.05, 4.69) is 67.6 Å². The number of nitrogens with zero attached hydrogens (tertiary/aromatic N) is 2. The first-order valence-corrected chi connectivity index (χ1v) is 20.1. The molecule has 3 aliphatic rings. The van der Waals surface area contributed by atoms with Crippen LogP contribution >= 0.6 is 20.1 Å². The van der Waals surface area contributed by atoms with Crippen LogP contribution in [-0.2, 0) is 0 Å². The molecule has 0 bridgehead atoms. The topological polar surface area (TPSA) is 92.7 Å². The molecule has 8 nitrogen and oxygen atoms in total. The first kappa shape index (κ1) is 33.6. The smallest absolute Gasteiger partial charge is 0.0533 e. The molecule has 39 heavy (non-hydrogen) atoms. The minimum Gasteiger partial charge on any atom is -0.0533 e. The van der Waals surface area contributed by atoms with Gasteiger partial charge in [-0.25, -0.2) is 0 Å². The molecular formula is C30H63IN8. The van der Waals surface area contributed by atoms with Gasteiger partial charge in [-0.15, -0.1) is 0 Å². The first-order chi connectivity index (χ1) is 19.1. The van der Waals surface area contributed by atoms with Crippen molar-refractivity contribution in [3.8, 4) is 0 Å². The van der Waals surface area contributed by atoms with E-state index in [9.17, 15) is 0 Å². The number of likely N-dealkylation sites (N-methyl/N-ethyl adjacent to an activating group) is 1. The molecule has 3 atom stereocenters. The number of halogens is 1. The summed E-state index contributed by atoms with van der Waals surface area (Å²) in [5.41, 5.74) is 6.69. The summed E-state index contributed by atoms with van der Waals surface area (Å²) in [6.45, 7) is 13.0. The molecular weight excluding hydrogens is 599 g/mol. The normalized spacial score (nSPS) is 25.4. The Labute approximate surface area is 248 Å². The molecule has 0 aromatic carbocycles. The molecule has 0 aromatic heterocycles. The van der Waals surface area contributed by atoms with E-state index in [1.54, 1.807) is 0 Å². The number of allylic oxidation sites excluding steroid dienone is 2. The quantitative estimate of drug-likeness (QED) is 0.0334. The number of alkyl halides is 2. The molecule has 3 fully saturated rings. The summed E-state index contributed by atoms with van der Waals surface area (Å²) in [5, 5.41) is 18.4. The van der Waals surface area contributed by atoms with E-state index >= 15 is 0 Å². The Morgan fingerprint density at radius 2 is 1.77 bits per heavy atom. The fourth-order valence-corrected chi connectivity index (χ4v) is 13.4. The summed E-state index contributed by atoms with van der Waals surface area (Å²) >= 11 is -0.945. The Morgan fingerprint density at radius 1 is 0.974 bits per heavy atom. The van der Waals surface area contributed by atoms with Gasteiger partial charge in [0.1, 0.15) is 0 Å². The van der Waals surface area contributed by atoms with Crippen molar-refractivity contribution in [2.24, 2.45) is 11.7 Å². The Kier molecular flexibility index (Phi) is 17.4. The van der Waals surface area contributed by atoms with Crippen LogP contribution in [0.5, 0.6) is 0 Å². The summed E-state index contributed by atoms with van der Waals surface area (Å²) in [5.74, 6) is 0.795. The number of rotatable bonds is 18. The monoisotopic (exact) mass is 662 g/mol. The van der Waals surface area contributed by atoms with Gasteiger partial charge in [-0.1, -0.05) is 31.4 Å². The van der Waals surface area contributed by atoms with E-state index in [0.717, 1.165) is 44.9 Å². The molecule has 1 aliphatic carbocycles. The van der Waals surface area contributed by atoms with Crippen molar-refractivity contribution in [2.45, 2.75) is 102 Å². The van der Waals surface area contributed by atoms with Crippen LogP contribution < -0.4 is 32.3 Å². The zero-order chi connectivity index (χ0) is 27.7. The van der Waals surface area contributed by atoms with E-state index in [-0.39, 0.29) is 12.2 Å². The van der Waals surface area contributed by atoms with Crippen molar-refractivity contribution in [1.29, 1.82) is 0 Å². The van der Waals surface area contributed by atoms with Gasteiger partial charge in [-0.3, -0.25) is 0 Å². The second kappa shape index (κ2) is 20.1. The third kappa shape index (κ3) is 13.3. The number of piperazine rings is 1. The SMILES string of the molecule is C/C=C\CCCCNCNC(CNCNC1CCI(N2CCN(C)C[C@H]2C)CC1)[C@@H](N)NCC1CCCCC1. The molecule has 2 aliphatic heterocycles. The summed E-state index contributed by atoms with van der Waals surface area (Å²) in [7, 11) is 2.27. The second-order valence-corrected chi connectivity index (χ2v) is 18.0. The zero-order valence-corrected chi connectivity index (χ0v) is 27.7. The molecule has 2 saturated heterocycles. The molecule has 0 aromatic rings. The number of unbranched alkanes of at least 4 members (excludes halogenated alkanes) is 2. The van der Waals surface area contributed by atoms with Gasteiger partial charge < -0.3 is 0 Å². The summed E-state index contributed by atoms with van der Waals surface area (Å²) in [4.78, 5) is 2.50. The van der Waals surface area contributed by atoms with Crippen LogP contribution in [-0.4, -0.2) is 101 Å². The Bertz CT molecular complexity index is 638. The molecule has 230 valence electrons. The average molecular weight is 663 g/mol. The predicted molar refractivity (Wildman–Crippen MR) is 177 cm³/mol. The maximum atomic E-state index is 6.69. The van der Waals surface area contributed by atoms with Gasteiger partial charge in [0.05, 0.1) is 0 Å². The van der Waals surface area contributed by atoms with Crippen LogP contribution in [0.15, 0.2) is 12.2 Å². The van der Waals surface area contributed by atoms with E-state index in [4.69, 9.17) is 5.73 Å². The van der Waals surface area contributed by atoms with Crippen molar-refractivity contribution in [2.75, 3.05) is 68.5 Å². The summed E-state index contributed by atoms with van der Waals surface area (Å²) < 4.78 is 5.90. The fraction of sp³-hybridized carbons (Fsp3) is 0.933. The molecule has 1 saturated carbocycles. The van der Waals surface area contributed by atoms with E-state index in [1.807, 2.05) is 0 Å². The van der Waals surface area contributed by atoms with Crippen LogP contribution in [0.3, 0.4) is 0 Å². The third-order valence-electron chi connectivity index (χ3n) is 8.79. The van der Waals surface area contributed by atoms with Crippen LogP contribution in [0.1, 0.15) is 78.1 Å². The van der Waals surface area contributed by atoms with Crippen molar-refractivity contribution in [3.05, 3.63) is 12.2 Å². The summed E-state index contributed by atoms with van der Waals surface area (Å²) in [6.07, 6.45) is 17.6. The van der Waals surface area contributed by atoms with Crippen molar-refractivity contribution in [1.82, 2.24) is 34.6 Å². The van der Waals surface area contributed by atoms with Gasteiger partial charge in [0.2, 0.25) is 0 Å². The molecule has 7 N–H and O–H groups in total. The summed E-state index contributed by atoms with van der Waals surface area (Å²) in [6, 6.07) is 1.63. The third-order valence-corrected chi connectivity index (χ3v) is 15.7. The first-order valence-electron chi connectivity index (χ1n) is 16.1. The average Bonchev–Trinajstić information content (AvgIpc) is 2.95. The van der Waals surface area contributed by atoms with Crippen molar-refractivity contribution < 1.29 is 0 Å². The number of hydrogen-bond donors (Lipinski definition) is 6. The minimum absolute atomic E-state index is 0.0382. The van der Waals surface area contributed by atoms with Gasteiger partial charge in [0.15, 0.2) is 0 Å². The molecule has 0 spiro atoms. The van der Waals surface area contributed by atoms with Crippen LogP contribution in [0.25, 0.3) is 0 Å². The van der Waals surface area contributed by atoms with Crippen molar-refractivity contribution in [3.63, 3.8) is 0 Å². The van der Waals surface area contributed by atoms with Crippen LogP contribution in [0.2, 0.25) is 0 Å². The Morgan fingerprint density at radius 3 is 2.51 bits per heavy atom. The molecule has 1 unspecified atom stereocenters. The van der Waals surface area contributed by atoms with Gasteiger partial charge >= 0.3 is 179 Å². The number of nitrogens with two attached hydrogens (primary N) is 1. The van der Waals surface area contributed by atoms with Crippen molar-refractivity contribution >= 4 is 20.1 Å². The van der Waals surface area contributed by atoms with Gasteiger partial charge in [-0.05, 0) is 39.0 Å². The van der Waals surface area contributed by atoms with Gasteiger partial charge in [-0.2, -0.15) is 0 Å². The molecule has 2 heterocycles. The fourth-order valence-electron chi connectivity index (χ4n) is 6.23. The molecule has 0 amide bonds. The second-order valence-electron chi connectivity index (χ2n) is 12.1. The predicted octanol–water partition coefficient (Wildman–Crippen LogP) is 3.05. The Hall–Kier alpha value is 0.150. The maximum absolute atomic E-state index is 6.69. The van der Waals surface area contributed by atoms with E-state index in [0.29, 0.717) is 6.04 Å².